The summed E-state index contributed by atoms with van der Waals surface area (Å²) >= 11 is 0. The number of nitrogens with one attached hydrogen (secondary N) is 1. The Bertz CT molecular complexity index is 1390. The summed E-state index contributed by atoms with van der Waals surface area (Å²) in [6.45, 7) is 4.83. The van der Waals surface area contributed by atoms with Gasteiger partial charge in [0.1, 0.15) is 13.2 Å². The van der Waals surface area contributed by atoms with Crippen molar-refractivity contribution in [3.63, 3.8) is 0 Å². The smallest absolute Gasteiger partial charge is 0.391 e. The number of amides is 1. The third-order valence-electron chi connectivity index (χ3n) is 15.3. The molecular formula is C68H132N2O6P+. The molecule has 0 rings (SSSR count). The molecule has 3 unspecified atom stereocenters. The summed E-state index contributed by atoms with van der Waals surface area (Å²) < 4.78 is 23.9. The van der Waals surface area contributed by atoms with Crippen molar-refractivity contribution in [2.24, 2.45) is 0 Å². The van der Waals surface area contributed by atoms with Crippen molar-refractivity contribution in [1.29, 1.82) is 0 Å². The second-order valence-electron chi connectivity index (χ2n) is 24.2. The molecule has 8 nitrogen and oxygen atoms in total. The van der Waals surface area contributed by atoms with E-state index >= 15 is 0 Å². The highest BCUT2D eigenvalue weighted by Gasteiger charge is 2.28. The minimum Gasteiger partial charge on any atom is -0.391 e. The number of rotatable bonds is 62. The van der Waals surface area contributed by atoms with Crippen molar-refractivity contribution in [3.05, 3.63) is 48.6 Å². The van der Waals surface area contributed by atoms with Gasteiger partial charge in [-0.05, 0) is 51.4 Å². The Hall–Kier alpha value is -1.54. The monoisotopic (exact) mass is 1100 g/mol. The normalized spacial score (nSPS) is 14.0. The van der Waals surface area contributed by atoms with E-state index in [1.807, 2.05) is 21.1 Å². The van der Waals surface area contributed by atoms with Crippen LogP contribution in [0.25, 0.3) is 0 Å². The summed E-state index contributed by atoms with van der Waals surface area (Å²) in [4.78, 5) is 23.4. The minimum atomic E-state index is -4.33. The van der Waals surface area contributed by atoms with E-state index in [4.69, 9.17) is 9.05 Å². The maximum absolute atomic E-state index is 13.1. The van der Waals surface area contributed by atoms with E-state index in [9.17, 15) is 19.4 Å². The maximum atomic E-state index is 13.1. The van der Waals surface area contributed by atoms with Gasteiger partial charge in [-0.15, -0.1) is 0 Å². The molecule has 0 heterocycles. The van der Waals surface area contributed by atoms with Crippen LogP contribution in [0, 0.1) is 0 Å². The number of phosphoric acid groups is 1. The molecule has 0 aromatic carbocycles. The van der Waals surface area contributed by atoms with E-state index in [1.54, 1.807) is 0 Å². The first-order chi connectivity index (χ1) is 37.5. The fraction of sp³-hybridized carbons (Fsp3) is 0.868. The molecule has 0 bridgehead atoms. The van der Waals surface area contributed by atoms with Gasteiger partial charge in [-0.25, -0.2) is 4.57 Å². The lowest BCUT2D eigenvalue weighted by Crippen LogP contribution is -2.46. The highest BCUT2D eigenvalue weighted by atomic mass is 31.2. The number of carbonyl (C=O) groups is 1. The van der Waals surface area contributed by atoms with Crippen LogP contribution in [-0.2, 0) is 18.4 Å². The summed E-state index contributed by atoms with van der Waals surface area (Å²) in [5, 5.41) is 14.1. The third-order valence-corrected chi connectivity index (χ3v) is 16.3. The third kappa shape index (κ3) is 61.9. The SMILES string of the molecule is CC/C=C\C/C=C\C/C=C\C/C=C\CCCCCCCCCCCCCCCCCCCCCCC(=O)NC(COP(=O)(O)OCC[N+](C)(C)C)C(O)CCCCCCCCCCCCCCCCCCCCCCCC. The largest absolute Gasteiger partial charge is 0.472 e. The van der Waals surface area contributed by atoms with Crippen molar-refractivity contribution in [1.82, 2.24) is 5.32 Å². The number of likely N-dealkylation sites (N-methyl/N-ethyl adjacent to an activating group) is 1. The van der Waals surface area contributed by atoms with Crippen molar-refractivity contribution in [3.8, 4) is 0 Å². The summed E-state index contributed by atoms with van der Waals surface area (Å²) in [5.41, 5.74) is 0. The van der Waals surface area contributed by atoms with Gasteiger partial charge < -0.3 is 19.8 Å². The van der Waals surface area contributed by atoms with Crippen LogP contribution in [-0.4, -0.2) is 73.4 Å². The van der Waals surface area contributed by atoms with Crippen LogP contribution in [0.3, 0.4) is 0 Å². The molecule has 454 valence electrons. The van der Waals surface area contributed by atoms with Crippen molar-refractivity contribution in [2.75, 3.05) is 40.9 Å². The Morgan fingerprint density at radius 3 is 1.14 bits per heavy atom. The number of hydrogen-bond donors (Lipinski definition) is 3. The van der Waals surface area contributed by atoms with Crippen LogP contribution in [0.1, 0.15) is 328 Å². The van der Waals surface area contributed by atoms with Crippen molar-refractivity contribution in [2.45, 2.75) is 341 Å². The van der Waals surface area contributed by atoms with Gasteiger partial charge in [-0.1, -0.05) is 319 Å². The Labute approximate surface area is 479 Å². The molecule has 0 spiro atoms. The molecular weight excluding hydrogens is 972 g/mol. The average Bonchev–Trinajstić information content (AvgIpc) is 3.39. The predicted molar refractivity (Wildman–Crippen MR) is 337 cm³/mol. The summed E-state index contributed by atoms with van der Waals surface area (Å²) in [7, 11) is 1.63. The molecule has 77 heavy (non-hydrogen) atoms. The van der Waals surface area contributed by atoms with E-state index in [0.717, 1.165) is 64.2 Å². The second kappa shape index (κ2) is 59.1. The molecule has 0 aromatic rings. The molecule has 0 aliphatic rings. The zero-order valence-corrected chi connectivity index (χ0v) is 52.9. The number of aliphatic hydroxyl groups excluding tert-OH is 1. The quantitative estimate of drug-likeness (QED) is 0.0243. The topological polar surface area (TPSA) is 105 Å². The lowest BCUT2D eigenvalue weighted by Gasteiger charge is -2.26. The van der Waals surface area contributed by atoms with E-state index in [1.165, 1.54) is 238 Å². The molecule has 3 N–H and O–H groups in total. The number of hydrogen-bond acceptors (Lipinski definition) is 5. The lowest BCUT2D eigenvalue weighted by atomic mass is 10.0. The molecule has 0 fully saturated rings. The van der Waals surface area contributed by atoms with Crippen LogP contribution in [0.4, 0.5) is 0 Å². The molecule has 1 amide bonds. The van der Waals surface area contributed by atoms with Gasteiger partial charge in [-0.3, -0.25) is 13.8 Å². The standard InChI is InChI=1S/C68H131N2O6P/c1-6-8-10-12-14-16-18-20-22-24-26-28-30-31-32-33-34-35-36-37-38-39-40-42-44-46-48-50-52-54-56-58-60-62-68(72)69-66(65-76-77(73,74)75-64-63-70(3,4)5)67(71)61-59-57-55-53-51-49-47-45-43-41-29-27-25-23-21-19-17-15-13-11-9-7-2/h8,10,14,16,20,22,26,28,66-67,71H,6-7,9,11-13,15,17-19,21,23-25,27,29-65H2,1-5H3,(H-,69,72,73,74)/p+1/b10-8-,16-14-,22-20-,28-26-. The zero-order valence-electron chi connectivity index (χ0n) is 52.0. The van der Waals surface area contributed by atoms with E-state index in [-0.39, 0.29) is 19.1 Å². The van der Waals surface area contributed by atoms with Crippen LogP contribution in [0.5, 0.6) is 0 Å². The van der Waals surface area contributed by atoms with Gasteiger partial charge in [0.2, 0.25) is 5.91 Å². The van der Waals surface area contributed by atoms with Gasteiger partial charge in [0.25, 0.3) is 0 Å². The lowest BCUT2D eigenvalue weighted by molar-refractivity contribution is -0.870. The Morgan fingerprint density at radius 1 is 0.455 bits per heavy atom. The Balaban J connectivity index is 4.01. The number of allylic oxidation sites excluding steroid dienone is 8. The molecule has 0 aromatic heterocycles. The maximum Gasteiger partial charge on any atom is 0.472 e. The number of carbonyl (C=O) groups excluding carboxylic acids is 1. The molecule has 0 aliphatic carbocycles. The summed E-state index contributed by atoms with van der Waals surface area (Å²) in [6.07, 6.45) is 79.1. The molecule has 0 radical (unpaired) electrons. The Morgan fingerprint density at radius 2 is 0.779 bits per heavy atom. The fourth-order valence-corrected chi connectivity index (χ4v) is 10.9. The minimum absolute atomic E-state index is 0.0763. The van der Waals surface area contributed by atoms with Crippen LogP contribution in [0.15, 0.2) is 48.6 Å². The summed E-state index contributed by atoms with van der Waals surface area (Å²) in [5.74, 6) is -0.138. The number of aliphatic hydroxyl groups is 1. The van der Waals surface area contributed by atoms with Gasteiger partial charge in [0, 0.05) is 6.42 Å². The molecule has 9 heteroatoms. The van der Waals surface area contributed by atoms with Gasteiger partial charge in [0.15, 0.2) is 0 Å². The number of nitrogens with zero attached hydrogens (tertiary/aromatic N) is 1. The molecule has 0 saturated heterocycles. The van der Waals surface area contributed by atoms with Gasteiger partial charge >= 0.3 is 7.82 Å². The summed E-state index contributed by atoms with van der Waals surface area (Å²) in [6, 6.07) is -0.761. The van der Waals surface area contributed by atoms with Gasteiger partial charge in [-0.2, -0.15) is 0 Å². The number of phosphoric ester groups is 1. The number of quaternary nitrogens is 1. The number of unbranched alkanes of at least 4 members (excludes halogenated alkanes) is 41. The zero-order chi connectivity index (χ0) is 56.3. The predicted octanol–water partition coefficient (Wildman–Crippen LogP) is 21.1. The van der Waals surface area contributed by atoms with Crippen LogP contribution in [0.2, 0.25) is 0 Å². The first-order valence-electron chi connectivity index (χ1n) is 33.5. The van der Waals surface area contributed by atoms with E-state index in [0.29, 0.717) is 23.9 Å². The Kier molecular flexibility index (Phi) is 57.9. The van der Waals surface area contributed by atoms with Crippen LogP contribution < -0.4 is 5.32 Å². The molecule has 0 saturated carbocycles. The van der Waals surface area contributed by atoms with Crippen molar-refractivity contribution >= 4 is 13.7 Å². The highest BCUT2D eigenvalue weighted by molar-refractivity contribution is 7.47. The fourth-order valence-electron chi connectivity index (χ4n) is 10.2. The second-order valence-corrected chi connectivity index (χ2v) is 25.6. The van der Waals surface area contributed by atoms with Crippen molar-refractivity contribution < 1.29 is 32.9 Å². The average molecular weight is 1100 g/mol. The van der Waals surface area contributed by atoms with E-state index in [2.05, 4.69) is 67.8 Å². The first-order valence-corrected chi connectivity index (χ1v) is 35.0. The van der Waals surface area contributed by atoms with Crippen LogP contribution >= 0.6 is 7.82 Å². The molecule has 0 aliphatic heterocycles. The van der Waals surface area contributed by atoms with Gasteiger partial charge in [0.05, 0.1) is 39.9 Å². The molecule has 3 atom stereocenters. The highest BCUT2D eigenvalue weighted by Crippen LogP contribution is 2.43. The first kappa shape index (κ1) is 75.5. The van der Waals surface area contributed by atoms with E-state index < -0.39 is 20.0 Å².